The number of aliphatic hydroxyl groups is 2. The highest BCUT2D eigenvalue weighted by molar-refractivity contribution is 7.48. The first-order valence-corrected chi connectivity index (χ1v) is 8.65. The monoisotopic (exact) mass is 391 g/mol. The molecule has 1 aliphatic rings. The first-order chi connectivity index (χ1) is 12.2. The van der Waals surface area contributed by atoms with Crippen LogP contribution in [0.5, 0.6) is 0 Å². The number of anilines is 1. The summed E-state index contributed by atoms with van der Waals surface area (Å²) in [5.41, 5.74) is 6.19. The van der Waals surface area contributed by atoms with Crippen molar-refractivity contribution in [1.82, 2.24) is 19.5 Å². The van der Waals surface area contributed by atoms with Gasteiger partial charge in [-0.2, -0.15) is 0 Å². The van der Waals surface area contributed by atoms with Crippen molar-refractivity contribution in [2.24, 2.45) is 0 Å². The summed E-state index contributed by atoms with van der Waals surface area (Å²) in [5.74, 6) is 0.114. The van der Waals surface area contributed by atoms with Crippen LogP contribution >= 0.6 is 7.82 Å². The molecule has 16 heteroatoms. The summed E-state index contributed by atoms with van der Waals surface area (Å²) in [6.07, 6.45) is -2.84. The number of nitrogen functional groups attached to an aromatic ring is 1. The molecule has 14 nitrogen and oxygen atoms in total. The number of rotatable bonds is 6. The number of fused-ring (bicyclic) bond motifs is 1. The number of ether oxygens (including phenoxy) is 1. The van der Waals surface area contributed by atoms with Crippen LogP contribution in [0, 0.1) is 0 Å². The Balaban J connectivity index is 1.75. The zero-order valence-corrected chi connectivity index (χ0v) is 13.8. The average molecular weight is 391 g/mol. The van der Waals surface area contributed by atoms with Gasteiger partial charge in [0.25, 0.3) is 0 Å². The van der Waals surface area contributed by atoms with Crippen molar-refractivity contribution in [3.8, 4) is 0 Å². The van der Waals surface area contributed by atoms with Gasteiger partial charge in [0.1, 0.15) is 30.2 Å². The van der Waals surface area contributed by atoms with Gasteiger partial charge in [0.15, 0.2) is 17.7 Å². The second-order valence-electron chi connectivity index (χ2n) is 5.33. The molecular formula is C10H15BN5O9P. The van der Waals surface area contributed by atoms with E-state index in [1.165, 1.54) is 17.2 Å². The number of hydrogen-bond acceptors (Lipinski definition) is 12. The van der Waals surface area contributed by atoms with E-state index in [-0.39, 0.29) is 17.0 Å². The molecule has 1 aliphatic heterocycles. The lowest BCUT2D eigenvalue weighted by Crippen LogP contribution is -2.33. The van der Waals surface area contributed by atoms with Crippen LogP contribution in [0.4, 0.5) is 5.82 Å². The fourth-order valence-electron chi connectivity index (χ4n) is 2.47. The quantitative estimate of drug-likeness (QED) is 0.216. The van der Waals surface area contributed by atoms with Crippen molar-refractivity contribution >= 4 is 32.1 Å². The van der Waals surface area contributed by atoms with E-state index in [0.29, 0.717) is 0 Å². The lowest BCUT2D eigenvalue weighted by atomic mass is 10.1. The number of hydrogen-bond donors (Lipinski definition) is 6. The third-order valence-corrected chi connectivity index (χ3v) is 4.56. The SMILES string of the molecule is Nc1ncnc2c1ncn2[C@@H]1O[C@H](COP(=O)(O)OB(O)O)[C@@H](O)[C@H]1O. The van der Waals surface area contributed by atoms with E-state index in [0.717, 1.165) is 0 Å². The summed E-state index contributed by atoms with van der Waals surface area (Å²) in [4.78, 5) is 21.1. The average Bonchev–Trinajstić information content (AvgIpc) is 3.08. The van der Waals surface area contributed by atoms with Gasteiger partial charge in [0.05, 0.1) is 12.9 Å². The van der Waals surface area contributed by atoms with E-state index in [1.807, 2.05) is 0 Å². The minimum atomic E-state index is -4.80. The molecule has 142 valence electrons. The predicted octanol–water partition coefficient (Wildman–Crippen LogP) is -2.87. The zero-order valence-electron chi connectivity index (χ0n) is 12.9. The molecule has 1 fully saturated rings. The Morgan fingerprint density at radius 2 is 2.04 bits per heavy atom. The number of nitrogens with two attached hydrogens (primary N) is 1. The van der Waals surface area contributed by atoms with E-state index >= 15 is 0 Å². The molecule has 0 aromatic carbocycles. The highest BCUT2D eigenvalue weighted by Gasteiger charge is 2.45. The molecule has 1 saturated heterocycles. The number of nitrogens with zero attached hydrogens (tertiary/aromatic N) is 4. The lowest BCUT2D eigenvalue weighted by molar-refractivity contribution is -0.0504. The molecule has 0 spiro atoms. The molecule has 0 aliphatic carbocycles. The standard InChI is InChI=1S/C10H15BN5O9P/c12-8-5-9(14-2-13-8)16(3-15-5)10-7(18)6(17)4(24-10)1-23-26(21,22)25-11(19)20/h2-4,6-7,10,17-20H,1H2,(H,21,22)(H2,12,13,14)/t4-,6-,7-,10-/m1/s1. The minimum absolute atomic E-state index is 0.114. The number of aromatic nitrogens is 4. The van der Waals surface area contributed by atoms with Crippen LogP contribution in [0.15, 0.2) is 12.7 Å². The molecule has 1 unspecified atom stereocenters. The normalized spacial score (nSPS) is 28.3. The lowest BCUT2D eigenvalue weighted by Gasteiger charge is -2.17. The number of aliphatic hydroxyl groups excluding tert-OH is 2. The van der Waals surface area contributed by atoms with Gasteiger partial charge in [-0.05, 0) is 0 Å². The summed E-state index contributed by atoms with van der Waals surface area (Å²) in [5, 5.41) is 37.3. The van der Waals surface area contributed by atoms with Gasteiger partial charge in [-0.3, -0.25) is 13.5 Å². The molecule has 3 rings (SSSR count). The van der Waals surface area contributed by atoms with Gasteiger partial charge < -0.3 is 35.6 Å². The van der Waals surface area contributed by atoms with E-state index < -0.39 is 46.3 Å². The fourth-order valence-corrected chi connectivity index (χ4v) is 3.10. The van der Waals surface area contributed by atoms with Crippen molar-refractivity contribution in [2.45, 2.75) is 24.5 Å². The third kappa shape index (κ3) is 3.71. The van der Waals surface area contributed by atoms with Gasteiger partial charge in [-0.15, -0.1) is 0 Å². The van der Waals surface area contributed by atoms with E-state index in [2.05, 4.69) is 23.9 Å². The number of phosphoric acid groups is 1. The van der Waals surface area contributed by atoms with Gasteiger partial charge in [0.2, 0.25) is 0 Å². The summed E-state index contributed by atoms with van der Waals surface area (Å²) >= 11 is 0. The van der Waals surface area contributed by atoms with Crippen LogP contribution in [0.2, 0.25) is 0 Å². The summed E-state index contributed by atoms with van der Waals surface area (Å²) in [6.45, 7) is -0.682. The largest absolute Gasteiger partial charge is 0.642 e. The predicted molar refractivity (Wildman–Crippen MR) is 82.7 cm³/mol. The van der Waals surface area contributed by atoms with Gasteiger partial charge in [0, 0.05) is 0 Å². The first-order valence-electron chi connectivity index (χ1n) is 7.16. The fraction of sp³-hybridized carbons (Fsp3) is 0.500. The number of imidazole rings is 1. The van der Waals surface area contributed by atoms with Crippen LogP contribution in [-0.2, 0) is 18.3 Å². The molecule has 0 saturated carbocycles. The molecule has 3 heterocycles. The molecule has 2 aromatic heterocycles. The van der Waals surface area contributed by atoms with Crippen molar-refractivity contribution in [3.63, 3.8) is 0 Å². The van der Waals surface area contributed by atoms with Crippen LogP contribution in [0.3, 0.4) is 0 Å². The van der Waals surface area contributed by atoms with Crippen LogP contribution in [0.1, 0.15) is 6.23 Å². The maximum atomic E-state index is 11.4. The summed E-state index contributed by atoms with van der Waals surface area (Å²) in [6, 6.07) is 0. The van der Waals surface area contributed by atoms with Crippen molar-refractivity contribution in [2.75, 3.05) is 12.3 Å². The van der Waals surface area contributed by atoms with Crippen molar-refractivity contribution < 1.29 is 43.4 Å². The third-order valence-electron chi connectivity index (χ3n) is 3.63. The second-order valence-corrected chi connectivity index (χ2v) is 6.73. The van der Waals surface area contributed by atoms with E-state index in [1.54, 1.807) is 0 Å². The van der Waals surface area contributed by atoms with Crippen LogP contribution in [0.25, 0.3) is 11.2 Å². The minimum Gasteiger partial charge on any atom is -0.401 e. The summed E-state index contributed by atoms with van der Waals surface area (Å²) in [7, 11) is -7.33. The zero-order chi connectivity index (χ0) is 19.1. The Hall–Kier alpha value is -1.68. The molecule has 2 aromatic rings. The number of phosphoric ester groups is 1. The van der Waals surface area contributed by atoms with E-state index in [4.69, 9.17) is 20.5 Å². The van der Waals surface area contributed by atoms with Gasteiger partial charge >= 0.3 is 15.1 Å². The molecular weight excluding hydrogens is 376 g/mol. The molecule has 7 N–H and O–H groups in total. The Bertz CT molecular complexity index is 836. The Morgan fingerprint density at radius 3 is 2.73 bits per heavy atom. The van der Waals surface area contributed by atoms with Crippen molar-refractivity contribution in [1.29, 1.82) is 0 Å². The second kappa shape index (κ2) is 7.15. The van der Waals surface area contributed by atoms with Crippen LogP contribution in [-0.4, -0.2) is 76.9 Å². The van der Waals surface area contributed by atoms with Gasteiger partial charge in [-0.25, -0.2) is 19.5 Å². The molecule has 0 amide bonds. The molecule has 26 heavy (non-hydrogen) atoms. The molecule has 0 radical (unpaired) electrons. The Morgan fingerprint density at radius 1 is 1.31 bits per heavy atom. The topological polar surface area (TPSA) is 216 Å². The Labute approximate surface area is 145 Å². The highest BCUT2D eigenvalue weighted by atomic mass is 31.2. The maximum Gasteiger partial charge on any atom is 0.642 e. The molecule has 0 bridgehead atoms. The molecule has 5 atom stereocenters. The van der Waals surface area contributed by atoms with Crippen molar-refractivity contribution in [3.05, 3.63) is 12.7 Å². The highest BCUT2D eigenvalue weighted by Crippen LogP contribution is 2.44. The Kier molecular flexibility index (Phi) is 5.25. The smallest absolute Gasteiger partial charge is 0.401 e. The van der Waals surface area contributed by atoms with E-state index in [9.17, 15) is 19.7 Å². The first kappa shape index (κ1) is 19.1. The maximum absolute atomic E-state index is 11.4. The summed E-state index contributed by atoms with van der Waals surface area (Å²) < 4.78 is 26.6. The van der Waals surface area contributed by atoms with Gasteiger partial charge in [-0.1, -0.05) is 0 Å². The van der Waals surface area contributed by atoms with Crippen LogP contribution < -0.4 is 5.73 Å².